The van der Waals surface area contributed by atoms with Gasteiger partial charge in [-0.2, -0.15) is 0 Å². The second kappa shape index (κ2) is 7.22. The van der Waals surface area contributed by atoms with Crippen LogP contribution in [0.5, 0.6) is 0 Å². The van der Waals surface area contributed by atoms with Gasteiger partial charge in [0.2, 0.25) is 0 Å². The van der Waals surface area contributed by atoms with E-state index in [1.165, 1.54) is 0 Å². The van der Waals surface area contributed by atoms with Crippen molar-refractivity contribution >= 4 is 87.5 Å². The number of benzene rings is 6. The first-order chi connectivity index (χ1) is 21.6. The van der Waals surface area contributed by atoms with Crippen LogP contribution in [0.2, 0.25) is 0 Å². The molecule has 11 rings (SSSR count). The van der Waals surface area contributed by atoms with Crippen LogP contribution < -0.4 is 16.5 Å². The fourth-order valence-corrected chi connectivity index (χ4v) is 7.92. The minimum atomic E-state index is -0.252. The quantitative estimate of drug-likeness (QED) is 0.154. The van der Waals surface area contributed by atoms with Crippen molar-refractivity contribution in [3.63, 3.8) is 0 Å². The highest BCUT2D eigenvalue weighted by molar-refractivity contribution is 6.27. The minimum Gasteiger partial charge on any atom is -0.305 e. The van der Waals surface area contributed by atoms with Crippen LogP contribution in [0.25, 0.3) is 87.5 Å². The third kappa shape index (κ3) is 2.28. The van der Waals surface area contributed by atoms with Crippen LogP contribution in [0.3, 0.4) is 0 Å². The number of pyridine rings is 2. The Morgan fingerprint density at radius 3 is 1.16 bits per heavy atom. The Labute approximate surface area is 244 Å². The van der Waals surface area contributed by atoms with Gasteiger partial charge in [0.15, 0.2) is 10.9 Å². The van der Waals surface area contributed by atoms with Gasteiger partial charge >= 0.3 is 5.69 Å². The number of hydrogen-bond donors (Lipinski definition) is 0. The second-order valence-electron chi connectivity index (χ2n) is 11.6. The molecule has 7 heteroatoms. The number of para-hydroxylation sites is 6. The summed E-state index contributed by atoms with van der Waals surface area (Å²) < 4.78 is 7.77. The molecule has 0 radical (unpaired) electrons. The van der Waals surface area contributed by atoms with Crippen molar-refractivity contribution in [1.82, 2.24) is 17.6 Å². The number of fused-ring (bicyclic) bond motifs is 10. The molecule has 5 heterocycles. The summed E-state index contributed by atoms with van der Waals surface area (Å²) in [6, 6.07) is 34.7. The molecule has 0 amide bonds. The summed E-state index contributed by atoms with van der Waals surface area (Å²) in [5.41, 5.74) is 6.95. The zero-order valence-electron chi connectivity index (χ0n) is 22.9. The van der Waals surface area contributed by atoms with E-state index in [1.54, 1.807) is 8.80 Å². The summed E-state index contributed by atoms with van der Waals surface area (Å²) >= 11 is 0. The van der Waals surface area contributed by atoms with E-state index in [9.17, 15) is 9.59 Å². The van der Waals surface area contributed by atoms with Crippen LogP contribution in [-0.2, 0) is 0 Å². The van der Waals surface area contributed by atoms with Crippen molar-refractivity contribution in [3.8, 4) is 0 Å². The Morgan fingerprint density at radius 1 is 0.364 bits per heavy atom. The van der Waals surface area contributed by atoms with Crippen LogP contribution in [0.1, 0.15) is 0 Å². The predicted octanol–water partition coefficient (Wildman–Crippen LogP) is 6.57. The number of rotatable bonds is 0. The van der Waals surface area contributed by atoms with Gasteiger partial charge in [-0.15, -0.1) is 0 Å². The summed E-state index contributed by atoms with van der Waals surface area (Å²) in [7, 11) is 0. The van der Waals surface area contributed by atoms with Gasteiger partial charge in [0.25, 0.3) is 0 Å². The molecule has 0 saturated heterocycles. The lowest BCUT2D eigenvalue weighted by molar-refractivity contribution is 0.988. The minimum absolute atomic E-state index is 0.103. The summed E-state index contributed by atoms with van der Waals surface area (Å²) in [5.74, 6) is 0. The number of aromatic nitrogens is 4. The van der Waals surface area contributed by atoms with Crippen LogP contribution in [-0.4, -0.2) is 17.6 Å². The molecule has 44 heavy (non-hydrogen) atoms. The first-order valence-electron chi connectivity index (χ1n) is 14.5. The van der Waals surface area contributed by atoms with E-state index in [0.29, 0.717) is 43.6 Å². The van der Waals surface area contributed by atoms with E-state index in [0.717, 1.165) is 43.9 Å². The monoisotopic (exact) mass is 566 g/mol. The van der Waals surface area contributed by atoms with Gasteiger partial charge in [0.1, 0.15) is 0 Å². The summed E-state index contributed by atoms with van der Waals surface area (Å²) in [6.07, 6.45) is 0. The Bertz CT molecular complexity index is 3070. The van der Waals surface area contributed by atoms with Gasteiger partial charge < -0.3 is 8.80 Å². The van der Waals surface area contributed by atoms with Crippen molar-refractivity contribution in [1.29, 1.82) is 0 Å². The van der Waals surface area contributed by atoms with E-state index in [1.807, 2.05) is 109 Å². The van der Waals surface area contributed by atoms with Crippen molar-refractivity contribution in [2.24, 2.45) is 0 Å². The largest absolute Gasteiger partial charge is 0.338 e. The first-order valence-corrected chi connectivity index (χ1v) is 14.5. The zero-order valence-corrected chi connectivity index (χ0v) is 22.9. The van der Waals surface area contributed by atoms with E-state index < -0.39 is 0 Å². The lowest BCUT2D eigenvalue weighted by Crippen LogP contribution is -2.27. The third-order valence-electron chi connectivity index (χ3n) is 9.59. The molecule has 0 fully saturated rings. The normalized spacial score (nSPS) is 12.8. The van der Waals surface area contributed by atoms with Crippen LogP contribution in [0.4, 0.5) is 0 Å². The highest BCUT2D eigenvalue weighted by atomic mass is 16.1. The smallest absolute Gasteiger partial charge is 0.305 e. The van der Waals surface area contributed by atoms with Crippen molar-refractivity contribution in [2.75, 3.05) is 0 Å². The maximum atomic E-state index is 15.0. The molecule has 0 aliphatic rings. The zero-order chi connectivity index (χ0) is 29.0. The maximum Gasteiger partial charge on any atom is 0.338 e. The van der Waals surface area contributed by atoms with Gasteiger partial charge in [-0.1, -0.05) is 48.5 Å². The van der Waals surface area contributed by atoms with Crippen molar-refractivity contribution in [2.45, 2.75) is 0 Å². The molecule has 0 N–H and O–H groups in total. The highest BCUT2D eigenvalue weighted by Crippen LogP contribution is 2.40. The molecular formula is C37H18N4O3. The van der Waals surface area contributed by atoms with Gasteiger partial charge in [0, 0.05) is 26.9 Å². The highest BCUT2D eigenvalue weighted by Gasteiger charge is 2.27. The molecule has 0 aliphatic carbocycles. The Balaban J connectivity index is 1.64. The Hall–Kier alpha value is -6.21. The molecule has 0 unspecified atom stereocenters. The van der Waals surface area contributed by atoms with Crippen LogP contribution >= 0.6 is 0 Å². The molecule has 0 atom stereocenters. The average Bonchev–Trinajstić information content (AvgIpc) is 3.07. The standard InChI is InChI=1S/C37H18N4O3/c42-35-20-9-1-3-11-24(20)38-26-13-5-7-15-28(26)40-33-30-19(17-22(35)31(33)38)18-23-32-34(30)41(37(40)44)29-16-8-6-14-27(29)39(32)25-12-4-2-10-21(25)36(23)43/h1-18H. The van der Waals surface area contributed by atoms with Gasteiger partial charge in [-0.3, -0.25) is 18.4 Å². The fraction of sp³-hybridized carbons (Fsp3) is 0. The molecular weight excluding hydrogens is 548 g/mol. The molecule has 0 saturated carbocycles. The van der Waals surface area contributed by atoms with Gasteiger partial charge in [0.05, 0.1) is 55.2 Å². The lowest BCUT2D eigenvalue weighted by Gasteiger charge is -2.24. The Morgan fingerprint density at radius 2 is 0.727 bits per heavy atom. The molecule has 0 aliphatic heterocycles. The van der Waals surface area contributed by atoms with E-state index >= 15 is 4.79 Å². The van der Waals surface area contributed by atoms with Crippen LogP contribution in [0.15, 0.2) is 124 Å². The second-order valence-corrected chi connectivity index (χ2v) is 11.6. The van der Waals surface area contributed by atoms with E-state index in [4.69, 9.17) is 0 Å². The summed E-state index contributed by atoms with van der Waals surface area (Å²) in [6.45, 7) is 0. The van der Waals surface area contributed by atoms with Gasteiger partial charge in [-0.05, 0) is 66.0 Å². The molecule has 204 valence electrons. The third-order valence-corrected chi connectivity index (χ3v) is 9.59. The van der Waals surface area contributed by atoms with Gasteiger partial charge in [-0.25, -0.2) is 4.79 Å². The first kappa shape index (κ1) is 22.4. The molecule has 0 spiro atoms. The topological polar surface area (TPSA) is 68.8 Å². The molecule has 6 aromatic carbocycles. The molecule has 5 aromatic heterocycles. The SMILES string of the molecule is O=c1c2ccccc2n2c3ccccc3n3c(=O)n4c5ccccc5n5c6ccccc6c(=O)c6cc7cc1c2c3c7c4c65. The van der Waals surface area contributed by atoms with Crippen molar-refractivity contribution in [3.05, 3.63) is 140 Å². The summed E-state index contributed by atoms with van der Waals surface area (Å²) in [5, 5.41) is 3.80. The van der Waals surface area contributed by atoms with Crippen LogP contribution in [0, 0.1) is 0 Å². The predicted molar refractivity (Wildman–Crippen MR) is 176 cm³/mol. The molecule has 0 bridgehead atoms. The number of hydrogen-bond acceptors (Lipinski definition) is 3. The van der Waals surface area contributed by atoms with Crippen molar-refractivity contribution < 1.29 is 0 Å². The maximum absolute atomic E-state index is 15.0. The summed E-state index contributed by atoms with van der Waals surface area (Å²) in [4.78, 5) is 43.4. The molecule has 7 nitrogen and oxygen atoms in total. The average molecular weight is 567 g/mol. The van der Waals surface area contributed by atoms with E-state index in [2.05, 4.69) is 8.80 Å². The van der Waals surface area contributed by atoms with E-state index in [-0.39, 0.29) is 16.5 Å². The number of nitrogens with zero attached hydrogens (tertiary/aromatic N) is 4. The Kier molecular flexibility index (Phi) is 3.67. The lowest BCUT2D eigenvalue weighted by atomic mass is 9.96. The molecule has 11 aromatic rings. The fourth-order valence-electron chi connectivity index (χ4n) is 7.92.